The van der Waals surface area contributed by atoms with E-state index in [-0.39, 0.29) is 12.3 Å². The molecule has 1 atom stereocenters. The van der Waals surface area contributed by atoms with Crippen LogP contribution in [0.2, 0.25) is 0 Å². The summed E-state index contributed by atoms with van der Waals surface area (Å²) in [4.78, 5) is 11.1. The summed E-state index contributed by atoms with van der Waals surface area (Å²) in [5.74, 6) is 0.892. The third-order valence-corrected chi connectivity index (χ3v) is 6.92. The average Bonchev–Trinajstić information content (AvgIpc) is 2.74. The van der Waals surface area contributed by atoms with E-state index in [0.717, 1.165) is 14.7 Å². The Labute approximate surface area is 223 Å². The summed E-state index contributed by atoms with van der Waals surface area (Å²) in [5.41, 5.74) is 2.87. The molecule has 0 spiro atoms. The number of carbonyl (C=O) groups is 1. The van der Waals surface area contributed by atoms with Crippen LogP contribution < -0.4 is 9.47 Å². The molecule has 33 heavy (non-hydrogen) atoms. The molecule has 0 aliphatic carbocycles. The van der Waals surface area contributed by atoms with Gasteiger partial charge in [-0.25, -0.2) is 0 Å². The van der Waals surface area contributed by atoms with Gasteiger partial charge < -0.3 is 19.7 Å². The Kier molecular flexibility index (Phi) is 8.82. The molecule has 0 radical (unpaired) electrons. The number of rotatable bonds is 8. The second-order valence-electron chi connectivity index (χ2n) is 7.81. The fourth-order valence-corrected chi connectivity index (χ4v) is 5.48. The number of benzene rings is 3. The molecule has 0 saturated heterocycles. The van der Waals surface area contributed by atoms with Gasteiger partial charge in [0.1, 0.15) is 17.6 Å². The molecule has 5 nitrogen and oxygen atoms in total. The molecule has 0 amide bonds. The smallest absolute Gasteiger partial charge is 0.307 e. The Morgan fingerprint density at radius 2 is 1.67 bits per heavy atom. The van der Waals surface area contributed by atoms with E-state index < -0.39 is 12.1 Å². The summed E-state index contributed by atoms with van der Waals surface area (Å²) in [6.45, 7) is 4.12. The van der Waals surface area contributed by atoms with Crippen molar-refractivity contribution in [3.05, 3.63) is 83.3 Å². The second kappa shape index (κ2) is 11.2. The zero-order chi connectivity index (χ0) is 24.3. The van der Waals surface area contributed by atoms with Crippen LogP contribution >= 0.6 is 54.5 Å². The van der Waals surface area contributed by atoms with Gasteiger partial charge in [0.05, 0.1) is 22.5 Å². The van der Waals surface area contributed by atoms with Crippen molar-refractivity contribution < 1.29 is 24.5 Å². The maximum absolute atomic E-state index is 11.3. The summed E-state index contributed by atoms with van der Waals surface area (Å²) in [6, 6.07) is 14.8. The van der Waals surface area contributed by atoms with Crippen molar-refractivity contribution in [1.82, 2.24) is 0 Å². The van der Waals surface area contributed by atoms with Gasteiger partial charge in [-0.05, 0) is 108 Å². The number of aliphatic hydroxyl groups is 1. The number of halogens is 3. The highest BCUT2D eigenvalue weighted by Gasteiger charge is 2.23. The number of methoxy groups -OCH3 is 1. The Balaban J connectivity index is 2.13. The van der Waals surface area contributed by atoms with Gasteiger partial charge in [0, 0.05) is 14.7 Å². The lowest BCUT2D eigenvalue weighted by atomic mass is 9.94. The fourth-order valence-electron chi connectivity index (χ4n) is 3.47. The normalized spacial score (nSPS) is 12.0. The van der Waals surface area contributed by atoms with Crippen LogP contribution in [0.5, 0.6) is 17.2 Å². The van der Waals surface area contributed by atoms with Crippen LogP contribution in [0.3, 0.4) is 0 Å². The molecule has 1 unspecified atom stereocenters. The molecular weight excluding hydrogens is 667 g/mol. The number of hydrogen-bond donors (Lipinski definition) is 2. The Bertz CT molecular complexity index is 1160. The molecule has 3 aromatic rings. The third kappa shape index (κ3) is 6.29. The van der Waals surface area contributed by atoms with Crippen LogP contribution in [0.1, 0.15) is 48.1 Å². The number of aliphatic hydroxyl groups excluding tert-OH is 1. The van der Waals surface area contributed by atoms with Crippen LogP contribution in [0.4, 0.5) is 0 Å². The molecule has 174 valence electrons. The summed E-state index contributed by atoms with van der Waals surface area (Å²) >= 11 is 9.21. The third-order valence-electron chi connectivity index (χ3n) is 5.07. The fraction of sp³-hybridized carbons (Fsp3) is 0.240. The van der Waals surface area contributed by atoms with Gasteiger partial charge in [0.15, 0.2) is 5.75 Å². The molecule has 2 N–H and O–H groups in total. The van der Waals surface area contributed by atoms with E-state index in [2.05, 4.69) is 68.3 Å². The van der Waals surface area contributed by atoms with Gasteiger partial charge in [-0.1, -0.05) is 26.0 Å². The monoisotopic (exact) mass is 688 g/mol. The summed E-state index contributed by atoms with van der Waals surface area (Å²) in [7, 11) is 1.61. The maximum atomic E-state index is 11.3. The minimum atomic E-state index is -0.936. The van der Waals surface area contributed by atoms with Crippen molar-refractivity contribution in [2.24, 2.45) is 0 Å². The number of aliphatic carboxylic acids is 1. The van der Waals surface area contributed by atoms with Gasteiger partial charge >= 0.3 is 5.97 Å². The minimum Gasteiger partial charge on any atom is -0.496 e. The molecule has 8 heteroatoms. The van der Waals surface area contributed by atoms with Gasteiger partial charge in [-0.2, -0.15) is 0 Å². The molecule has 0 heterocycles. The second-order valence-corrected chi connectivity index (χ2v) is 10.8. The Morgan fingerprint density at radius 1 is 1.03 bits per heavy atom. The molecule has 0 aliphatic rings. The molecule has 0 fully saturated rings. The first-order valence-electron chi connectivity index (χ1n) is 10.1. The number of carboxylic acids is 1. The van der Waals surface area contributed by atoms with Crippen LogP contribution in [-0.2, 0) is 11.2 Å². The van der Waals surface area contributed by atoms with E-state index in [1.54, 1.807) is 19.2 Å². The number of carboxylic acid groups (broad SMARTS) is 1. The number of ether oxygens (including phenoxy) is 2. The van der Waals surface area contributed by atoms with E-state index >= 15 is 0 Å². The first-order valence-corrected chi connectivity index (χ1v) is 12.8. The average molecular weight is 690 g/mol. The topological polar surface area (TPSA) is 76.0 Å². The Hall–Kier alpha value is -1.62. The van der Waals surface area contributed by atoms with Crippen molar-refractivity contribution in [1.29, 1.82) is 0 Å². The van der Waals surface area contributed by atoms with Gasteiger partial charge in [-0.15, -0.1) is 0 Å². The molecule has 0 bridgehead atoms. The van der Waals surface area contributed by atoms with E-state index in [0.29, 0.717) is 37.3 Å². The summed E-state index contributed by atoms with van der Waals surface area (Å²) in [6.07, 6.45) is -1.04. The lowest BCUT2D eigenvalue weighted by Gasteiger charge is -2.22. The van der Waals surface area contributed by atoms with Crippen molar-refractivity contribution in [3.8, 4) is 17.2 Å². The lowest BCUT2D eigenvalue weighted by molar-refractivity contribution is -0.136. The molecule has 0 aliphatic heterocycles. The Morgan fingerprint density at radius 3 is 2.21 bits per heavy atom. The molecule has 0 saturated carbocycles. The van der Waals surface area contributed by atoms with Gasteiger partial charge in [0.2, 0.25) is 0 Å². The predicted molar refractivity (Wildman–Crippen MR) is 144 cm³/mol. The lowest BCUT2D eigenvalue weighted by Crippen LogP contribution is -2.06. The van der Waals surface area contributed by atoms with Crippen LogP contribution in [0, 0.1) is 3.57 Å². The van der Waals surface area contributed by atoms with Crippen LogP contribution in [0.15, 0.2) is 57.5 Å². The van der Waals surface area contributed by atoms with E-state index in [1.807, 2.05) is 36.4 Å². The van der Waals surface area contributed by atoms with Gasteiger partial charge in [-0.3, -0.25) is 4.79 Å². The van der Waals surface area contributed by atoms with Crippen LogP contribution in [0.25, 0.3) is 0 Å². The first kappa shape index (κ1) is 26.0. The summed E-state index contributed by atoms with van der Waals surface area (Å²) < 4.78 is 14.2. The first-order chi connectivity index (χ1) is 15.6. The standard InChI is InChI=1S/C25H23Br2IO5/c1-13(2)17-11-22(33-25-19(26)7-14(8-20(25)27)9-23(29)30)18(12-21(17)32-3)24(31)15-5-4-6-16(28)10-15/h4-8,10-13,24,31H,9H2,1-3H3,(H,29,30). The van der Waals surface area contributed by atoms with Crippen molar-refractivity contribution in [2.45, 2.75) is 32.3 Å². The molecule has 3 rings (SSSR count). The summed E-state index contributed by atoms with van der Waals surface area (Å²) in [5, 5.41) is 20.4. The zero-order valence-corrected chi connectivity index (χ0v) is 23.6. The van der Waals surface area contributed by atoms with E-state index in [1.165, 1.54) is 0 Å². The predicted octanol–water partition coefficient (Wildman–Crippen LogP) is 7.45. The van der Waals surface area contributed by atoms with E-state index in [4.69, 9.17) is 14.6 Å². The highest BCUT2D eigenvalue weighted by molar-refractivity contribution is 14.1. The number of hydrogen-bond acceptors (Lipinski definition) is 4. The molecular formula is C25H23Br2IO5. The van der Waals surface area contributed by atoms with Crippen molar-refractivity contribution in [2.75, 3.05) is 7.11 Å². The molecule has 3 aromatic carbocycles. The largest absolute Gasteiger partial charge is 0.496 e. The van der Waals surface area contributed by atoms with Crippen LogP contribution in [-0.4, -0.2) is 23.3 Å². The highest BCUT2D eigenvalue weighted by Crippen LogP contribution is 2.44. The van der Waals surface area contributed by atoms with Gasteiger partial charge in [0.25, 0.3) is 0 Å². The SMILES string of the molecule is COc1cc(C(O)c2cccc(I)c2)c(Oc2c(Br)cc(CC(=O)O)cc2Br)cc1C(C)C. The zero-order valence-electron chi connectivity index (χ0n) is 18.2. The van der Waals surface area contributed by atoms with Crippen molar-refractivity contribution in [3.63, 3.8) is 0 Å². The van der Waals surface area contributed by atoms with E-state index in [9.17, 15) is 9.90 Å². The van der Waals surface area contributed by atoms with Crippen molar-refractivity contribution >= 4 is 60.4 Å². The maximum Gasteiger partial charge on any atom is 0.307 e. The quantitative estimate of drug-likeness (QED) is 0.241. The minimum absolute atomic E-state index is 0.103. The highest BCUT2D eigenvalue weighted by atomic mass is 127. The molecule has 0 aromatic heterocycles.